The predicted molar refractivity (Wildman–Crippen MR) is 81.9 cm³/mol. The SMILES string of the molecule is N#Cc1ccc(N2C[C@@H]3[C@H]4C[C@H](C[C@@H]4O)[C@@H]3S2(=O)=O)cc1C(F)(F)F. The number of fused-ring (bicyclic) bond motifs is 5. The molecule has 4 rings (SSSR count). The van der Waals surface area contributed by atoms with Crippen molar-refractivity contribution in [1.82, 2.24) is 0 Å². The van der Waals surface area contributed by atoms with E-state index in [2.05, 4.69) is 0 Å². The van der Waals surface area contributed by atoms with Crippen LogP contribution in [0.25, 0.3) is 0 Å². The number of benzene rings is 1. The molecule has 3 aliphatic rings. The molecule has 134 valence electrons. The molecule has 1 aromatic rings. The Morgan fingerprint density at radius 3 is 2.60 bits per heavy atom. The van der Waals surface area contributed by atoms with Crippen molar-refractivity contribution < 1.29 is 26.7 Å². The summed E-state index contributed by atoms with van der Waals surface area (Å²) in [7, 11) is -3.78. The van der Waals surface area contributed by atoms with Gasteiger partial charge < -0.3 is 5.11 Å². The molecule has 1 aromatic carbocycles. The highest BCUT2D eigenvalue weighted by Gasteiger charge is 2.62. The average molecular weight is 372 g/mol. The van der Waals surface area contributed by atoms with Crippen LogP contribution < -0.4 is 4.31 Å². The highest BCUT2D eigenvalue weighted by molar-refractivity contribution is 7.93. The molecule has 1 aliphatic heterocycles. The van der Waals surface area contributed by atoms with Gasteiger partial charge in [0.2, 0.25) is 10.0 Å². The lowest BCUT2D eigenvalue weighted by atomic mass is 9.86. The molecule has 0 spiro atoms. The second-order valence-electron chi connectivity index (χ2n) is 7.01. The molecule has 0 aromatic heterocycles. The number of hydrogen-bond acceptors (Lipinski definition) is 4. The van der Waals surface area contributed by atoms with Gasteiger partial charge in [-0.05, 0) is 42.9 Å². The van der Waals surface area contributed by atoms with E-state index in [0.717, 1.165) is 16.4 Å². The zero-order chi connectivity index (χ0) is 18.1. The fourth-order valence-electron chi connectivity index (χ4n) is 4.83. The van der Waals surface area contributed by atoms with E-state index in [4.69, 9.17) is 5.26 Å². The van der Waals surface area contributed by atoms with Gasteiger partial charge >= 0.3 is 6.18 Å². The Hall–Kier alpha value is -1.79. The van der Waals surface area contributed by atoms with Gasteiger partial charge in [0, 0.05) is 12.5 Å². The molecule has 0 unspecified atom stereocenters. The molecule has 25 heavy (non-hydrogen) atoms. The summed E-state index contributed by atoms with van der Waals surface area (Å²) in [5.74, 6) is -0.514. The summed E-state index contributed by atoms with van der Waals surface area (Å²) in [5.41, 5.74) is -1.75. The lowest BCUT2D eigenvalue weighted by molar-refractivity contribution is -0.137. The third-order valence-corrected chi connectivity index (χ3v) is 8.19. The number of sulfonamides is 1. The maximum atomic E-state index is 13.2. The van der Waals surface area contributed by atoms with Gasteiger partial charge in [0.15, 0.2) is 0 Å². The van der Waals surface area contributed by atoms with Gasteiger partial charge in [-0.15, -0.1) is 0 Å². The largest absolute Gasteiger partial charge is 0.417 e. The Balaban J connectivity index is 1.76. The number of nitriles is 1. The van der Waals surface area contributed by atoms with E-state index in [9.17, 15) is 26.7 Å². The summed E-state index contributed by atoms with van der Waals surface area (Å²) in [6.07, 6.45) is -4.19. The Labute approximate surface area is 142 Å². The Kier molecular flexibility index (Phi) is 3.41. The van der Waals surface area contributed by atoms with Gasteiger partial charge in [0.25, 0.3) is 0 Å². The lowest BCUT2D eigenvalue weighted by Crippen LogP contribution is -2.36. The highest BCUT2D eigenvalue weighted by Crippen LogP contribution is 2.56. The van der Waals surface area contributed by atoms with E-state index in [1.807, 2.05) is 0 Å². The number of halogens is 3. The van der Waals surface area contributed by atoms with Crippen LogP contribution in [0.4, 0.5) is 18.9 Å². The molecular weight excluding hydrogens is 357 g/mol. The summed E-state index contributed by atoms with van der Waals surface area (Å²) < 4.78 is 66.3. The van der Waals surface area contributed by atoms with Crippen molar-refractivity contribution in [2.45, 2.75) is 30.4 Å². The van der Waals surface area contributed by atoms with Crippen molar-refractivity contribution in [2.24, 2.45) is 17.8 Å². The van der Waals surface area contributed by atoms with Crippen LogP contribution in [0.3, 0.4) is 0 Å². The van der Waals surface area contributed by atoms with Gasteiger partial charge in [0.05, 0.1) is 34.2 Å². The minimum atomic E-state index is -4.74. The van der Waals surface area contributed by atoms with Crippen molar-refractivity contribution >= 4 is 15.7 Å². The number of hydrogen-bond donors (Lipinski definition) is 1. The molecule has 2 saturated carbocycles. The number of rotatable bonds is 1. The van der Waals surface area contributed by atoms with Gasteiger partial charge in [-0.2, -0.15) is 18.4 Å². The van der Waals surface area contributed by atoms with Crippen LogP contribution in [0.5, 0.6) is 0 Å². The lowest BCUT2D eigenvalue weighted by Gasteiger charge is -2.25. The van der Waals surface area contributed by atoms with Gasteiger partial charge in [-0.25, -0.2) is 8.42 Å². The minimum Gasteiger partial charge on any atom is -0.393 e. The molecule has 1 N–H and O–H groups in total. The van der Waals surface area contributed by atoms with Gasteiger partial charge in [-0.3, -0.25) is 4.31 Å². The van der Waals surface area contributed by atoms with E-state index in [1.165, 1.54) is 12.1 Å². The van der Waals surface area contributed by atoms with Gasteiger partial charge in [0.1, 0.15) is 0 Å². The van der Waals surface area contributed by atoms with Gasteiger partial charge in [-0.1, -0.05) is 0 Å². The Bertz CT molecular complexity index is 878. The average Bonchev–Trinajstić information content (AvgIpc) is 3.15. The van der Waals surface area contributed by atoms with Crippen LogP contribution in [0.2, 0.25) is 0 Å². The van der Waals surface area contributed by atoms with E-state index < -0.39 is 38.7 Å². The van der Waals surface area contributed by atoms with Crippen LogP contribution in [-0.4, -0.2) is 31.4 Å². The molecule has 9 heteroatoms. The van der Waals surface area contributed by atoms with Crippen molar-refractivity contribution in [2.75, 3.05) is 10.8 Å². The summed E-state index contributed by atoms with van der Waals surface area (Å²) in [5, 5.41) is 18.3. The minimum absolute atomic E-state index is 0.0744. The van der Waals surface area contributed by atoms with Crippen LogP contribution in [-0.2, 0) is 16.2 Å². The molecule has 2 aliphatic carbocycles. The summed E-state index contributed by atoms with van der Waals surface area (Å²) in [4.78, 5) is 0. The first-order chi connectivity index (χ1) is 11.6. The number of aliphatic hydroxyl groups is 1. The molecule has 5 atom stereocenters. The monoisotopic (exact) mass is 372 g/mol. The van der Waals surface area contributed by atoms with Crippen LogP contribution in [0.1, 0.15) is 24.0 Å². The fraction of sp³-hybridized carbons (Fsp3) is 0.562. The molecular formula is C16H15F3N2O3S. The Morgan fingerprint density at radius 2 is 1.96 bits per heavy atom. The van der Waals surface area contributed by atoms with Crippen molar-refractivity contribution in [3.05, 3.63) is 29.3 Å². The molecule has 1 heterocycles. The smallest absolute Gasteiger partial charge is 0.393 e. The molecule has 1 saturated heterocycles. The van der Waals surface area contributed by atoms with Crippen LogP contribution in [0.15, 0.2) is 18.2 Å². The maximum absolute atomic E-state index is 13.2. The molecule has 0 amide bonds. The van der Waals surface area contributed by atoms with Crippen molar-refractivity contribution in [3.63, 3.8) is 0 Å². The summed E-state index contributed by atoms with van der Waals surface area (Å²) >= 11 is 0. The topological polar surface area (TPSA) is 81.4 Å². The van der Waals surface area contributed by atoms with E-state index in [0.29, 0.717) is 12.8 Å². The summed E-state index contributed by atoms with van der Waals surface area (Å²) in [6, 6.07) is 4.47. The predicted octanol–water partition coefficient (Wildman–Crippen LogP) is 2.11. The number of aliphatic hydroxyl groups excluding tert-OH is 1. The summed E-state index contributed by atoms with van der Waals surface area (Å²) in [6.45, 7) is 0.0778. The van der Waals surface area contributed by atoms with E-state index >= 15 is 0 Å². The second-order valence-corrected chi connectivity index (χ2v) is 9.02. The van der Waals surface area contributed by atoms with Crippen LogP contribution >= 0.6 is 0 Å². The fourth-order valence-corrected chi connectivity index (χ4v) is 7.35. The van der Waals surface area contributed by atoms with Crippen molar-refractivity contribution in [1.29, 1.82) is 5.26 Å². The quantitative estimate of drug-likeness (QED) is 0.819. The number of nitrogens with zero attached hydrogens (tertiary/aromatic N) is 2. The first-order valence-electron chi connectivity index (χ1n) is 7.95. The normalized spacial score (nSPS) is 35.6. The molecule has 5 nitrogen and oxygen atoms in total. The molecule has 0 radical (unpaired) electrons. The number of alkyl halides is 3. The first-order valence-corrected chi connectivity index (χ1v) is 9.46. The zero-order valence-electron chi connectivity index (χ0n) is 12.9. The first kappa shape index (κ1) is 16.7. The highest BCUT2D eigenvalue weighted by atomic mass is 32.2. The zero-order valence-corrected chi connectivity index (χ0v) is 13.8. The van der Waals surface area contributed by atoms with E-state index in [1.54, 1.807) is 0 Å². The number of anilines is 1. The van der Waals surface area contributed by atoms with E-state index in [-0.39, 0.29) is 30.0 Å². The molecule has 3 fully saturated rings. The van der Waals surface area contributed by atoms with Crippen LogP contribution in [0, 0.1) is 29.1 Å². The van der Waals surface area contributed by atoms with Crippen molar-refractivity contribution in [3.8, 4) is 6.07 Å². The third kappa shape index (κ3) is 2.27. The standard InChI is InChI=1S/C16H15F3N2O3S/c17-16(18,19)13-5-10(2-1-8(13)6-20)21-7-12-11-3-9(4-14(11)22)15(12)25(21,23)24/h1-2,5,9,11-12,14-15,22H,3-4,7H2/t9-,11-,12-,14+,15+/m1/s1. The third-order valence-electron chi connectivity index (χ3n) is 5.79. The maximum Gasteiger partial charge on any atom is 0.417 e. The Morgan fingerprint density at radius 1 is 1.24 bits per heavy atom. The molecule has 2 bridgehead atoms. The second kappa shape index (κ2) is 5.11.